The van der Waals surface area contributed by atoms with Gasteiger partial charge in [0.1, 0.15) is 0 Å². The molecule has 5 heteroatoms. The number of H-pyrrole nitrogens is 1. The van der Waals surface area contributed by atoms with Crippen LogP contribution in [-0.4, -0.2) is 34.8 Å². The Morgan fingerprint density at radius 3 is 2.67 bits per heavy atom. The summed E-state index contributed by atoms with van der Waals surface area (Å²) in [5, 5.41) is 4.10. The van der Waals surface area contributed by atoms with Crippen LogP contribution in [0, 0.1) is 12.8 Å². The zero-order valence-corrected chi connectivity index (χ0v) is 17.9. The van der Waals surface area contributed by atoms with Gasteiger partial charge in [0.25, 0.3) is 5.91 Å². The van der Waals surface area contributed by atoms with E-state index < -0.39 is 0 Å². The summed E-state index contributed by atoms with van der Waals surface area (Å²) in [5.74, 6) is 0.540. The number of carbonyl (C=O) groups is 2. The number of carbonyl (C=O) groups excluding carboxylic acids is 2. The molecule has 2 aromatic carbocycles. The first-order chi connectivity index (χ1) is 14.5. The van der Waals surface area contributed by atoms with Crippen molar-refractivity contribution in [1.29, 1.82) is 0 Å². The normalized spacial score (nSPS) is 15.8. The van der Waals surface area contributed by atoms with Crippen LogP contribution in [0.4, 0.5) is 0 Å². The highest BCUT2D eigenvalue weighted by Gasteiger charge is 2.39. The van der Waals surface area contributed by atoms with Crippen molar-refractivity contribution in [1.82, 2.24) is 15.2 Å². The Balaban J connectivity index is 1.63. The highest BCUT2D eigenvalue weighted by Crippen LogP contribution is 2.42. The number of fused-ring (bicyclic) bond motifs is 2. The van der Waals surface area contributed by atoms with E-state index in [0.717, 1.165) is 39.7 Å². The predicted octanol–water partition coefficient (Wildman–Crippen LogP) is 4.57. The minimum atomic E-state index is -0.187. The number of para-hydroxylation sites is 1. The standard InChI is InChI=1S/C25H29N3O2/c1-16(2)12-14-26-22(29)13-15-28-24(18-8-4-5-9-19(18)25(28)30)23-17(3)27-21-11-7-6-10-20(21)23/h4-11,16,24,27H,12-15H2,1-3H3,(H,26,29)/t24-/m0/s1. The van der Waals surface area contributed by atoms with Crippen LogP contribution in [0.3, 0.4) is 0 Å². The maximum Gasteiger partial charge on any atom is 0.255 e. The number of aryl methyl sites for hydroxylation is 1. The van der Waals surface area contributed by atoms with Crippen LogP contribution >= 0.6 is 0 Å². The summed E-state index contributed by atoms with van der Waals surface area (Å²) in [6.07, 6.45) is 1.26. The van der Waals surface area contributed by atoms with Crippen molar-refractivity contribution < 1.29 is 9.59 Å². The van der Waals surface area contributed by atoms with Crippen LogP contribution in [0.15, 0.2) is 48.5 Å². The number of rotatable bonds is 7. The van der Waals surface area contributed by atoms with E-state index in [0.29, 0.717) is 25.4 Å². The fraction of sp³-hybridized carbons (Fsp3) is 0.360. The van der Waals surface area contributed by atoms with Gasteiger partial charge in [0.2, 0.25) is 5.91 Å². The molecule has 0 radical (unpaired) electrons. The molecular weight excluding hydrogens is 374 g/mol. The number of aromatic nitrogens is 1. The number of hydrogen-bond acceptors (Lipinski definition) is 2. The lowest BCUT2D eigenvalue weighted by molar-refractivity contribution is -0.121. The Morgan fingerprint density at radius 1 is 1.13 bits per heavy atom. The molecular formula is C25H29N3O2. The van der Waals surface area contributed by atoms with Gasteiger partial charge in [-0.1, -0.05) is 50.2 Å². The zero-order chi connectivity index (χ0) is 21.3. The third-order valence-corrected chi connectivity index (χ3v) is 5.90. The minimum absolute atomic E-state index is 0.00439. The number of nitrogens with one attached hydrogen (secondary N) is 2. The van der Waals surface area contributed by atoms with Gasteiger partial charge in [0.05, 0.1) is 6.04 Å². The molecule has 30 heavy (non-hydrogen) atoms. The predicted molar refractivity (Wildman–Crippen MR) is 119 cm³/mol. The van der Waals surface area contributed by atoms with E-state index in [-0.39, 0.29) is 17.9 Å². The van der Waals surface area contributed by atoms with Crippen LogP contribution in [0.1, 0.15) is 59.9 Å². The Kier molecular flexibility index (Phi) is 5.62. The van der Waals surface area contributed by atoms with E-state index in [1.165, 1.54) is 0 Å². The number of benzene rings is 2. The van der Waals surface area contributed by atoms with Gasteiger partial charge in [0.15, 0.2) is 0 Å². The molecule has 1 aliphatic rings. The second kappa shape index (κ2) is 8.34. The van der Waals surface area contributed by atoms with Gasteiger partial charge in [-0.05, 0) is 37.0 Å². The molecule has 4 rings (SSSR count). The average molecular weight is 404 g/mol. The van der Waals surface area contributed by atoms with Gasteiger partial charge in [-0.3, -0.25) is 9.59 Å². The van der Waals surface area contributed by atoms with Crippen LogP contribution in [-0.2, 0) is 4.79 Å². The monoisotopic (exact) mass is 403 g/mol. The van der Waals surface area contributed by atoms with Gasteiger partial charge in [0, 0.05) is 47.2 Å². The van der Waals surface area contributed by atoms with E-state index in [2.05, 4.69) is 43.2 Å². The average Bonchev–Trinajstić information content (AvgIpc) is 3.19. The molecule has 1 aromatic heterocycles. The van der Waals surface area contributed by atoms with Gasteiger partial charge in [-0.15, -0.1) is 0 Å². The SMILES string of the molecule is Cc1[nH]c2ccccc2c1[C@@H]1c2ccccc2C(=O)N1CCC(=O)NCCC(C)C. The highest BCUT2D eigenvalue weighted by molar-refractivity contribution is 6.01. The van der Waals surface area contributed by atoms with Crippen molar-refractivity contribution in [2.24, 2.45) is 5.92 Å². The van der Waals surface area contributed by atoms with Crippen LogP contribution in [0.25, 0.3) is 10.9 Å². The van der Waals surface area contributed by atoms with Crippen LogP contribution in [0.2, 0.25) is 0 Å². The highest BCUT2D eigenvalue weighted by atomic mass is 16.2. The summed E-state index contributed by atoms with van der Waals surface area (Å²) < 4.78 is 0. The third kappa shape index (κ3) is 3.72. The Morgan fingerprint density at radius 2 is 1.87 bits per heavy atom. The lowest BCUT2D eigenvalue weighted by atomic mass is 9.95. The number of nitrogens with zero attached hydrogens (tertiary/aromatic N) is 1. The topological polar surface area (TPSA) is 65.2 Å². The largest absolute Gasteiger partial charge is 0.358 e. The van der Waals surface area contributed by atoms with Crippen molar-refractivity contribution in [2.45, 2.75) is 39.7 Å². The maximum absolute atomic E-state index is 13.2. The van der Waals surface area contributed by atoms with Crippen LogP contribution < -0.4 is 5.32 Å². The van der Waals surface area contributed by atoms with Gasteiger partial charge in [-0.25, -0.2) is 0 Å². The summed E-state index contributed by atoms with van der Waals surface area (Å²) in [5.41, 5.74) is 4.97. The molecule has 0 unspecified atom stereocenters. The molecule has 0 saturated heterocycles. The quantitative estimate of drug-likeness (QED) is 0.607. The van der Waals surface area contributed by atoms with Crippen molar-refractivity contribution in [3.63, 3.8) is 0 Å². The van der Waals surface area contributed by atoms with Gasteiger partial charge in [-0.2, -0.15) is 0 Å². The summed E-state index contributed by atoms with van der Waals surface area (Å²) in [4.78, 5) is 30.9. The molecule has 2 heterocycles. The lowest BCUT2D eigenvalue weighted by Crippen LogP contribution is -2.34. The molecule has 0 fully saturated rings. The molecule has 0 spiro atoms. The summed E-state index contributed by atoms with van der Waals surface area (Å²) in [6.45, 7) is 7.40. The third-order valence-electron chi connectivity index (χ3n) is 5.90. The molecule has 1 aliphatic heterocycles. The first kappa shape index (κ1) is 20.2. The molecule has 3 aromatic rings. The second-order valence-corrected chi connectivity index (χ2v) is 8.48. The van der Waals surface area contributed by atoms with E-state index in [1.807, 2.05) is 41.3 Å². The van der Waals surface area contributed by atoms with Crippen molar-refractivity contribution in [2.75, 3.05) is 13.1 Å². The first-order valence-corrected chi connectivity index (χ1v) is 10.7. The first-order valence-electron chi connectivity index (χ1n) is 10.7. The molecule has 2 amide bonds. The minimum Gasteiger partial charge on any atom is -0.358 e. The number of amides is 2. The number of hydrogen-bond donors (Lipinski definition) is 2. The Labute approximate surface area is 177 Å². The molecule has 5 nitrogen and oxygen atoms in total. The Hall–Kier alpha value is -3.08. The maximum atomic E-state index is 13.2. The molecule has 1 atom stereocenters. The van der Waals surface area contributed by atoms with E-state index in [4.69, 9.17) is 0 Å². The molecule has 0 bridgehead atoms. The molecule has 2 N–H and O–H groups in total. The van der Waals surface area contributed by atoms with E-state index >= 15 is 0 Å². The van der Waals surface area contributed by atoms with Crippen molar-refractivity contribution in [3.05, 3.63) is 70.9 Å². The Bertz CT molecular complexity index is 1080. The van der Waals surface area contributed by atoms with Crippen molar-refractivity contribution >= 4 is 22.7 Å². The summed E-state index contributed by atoms with van der Waals surface area (Å²) >= 11 is 0. The van der Waals surface area contributed by atoms with Crippen LogP contribution in [0.5, 0.6) is 0 Å². The van der Waals surface area contributed by atoms with E-state index in [1.54, 1.807) is 0 Å². The van der Waals surface area contributed by atoms with Crippen molar-refractivity contribution in [3.8, 4) is 0 Å². The number of aromatic amines is 1. The molecule has 156 valence electrons. The second-order valence-electron chi connectivity index (χ2n) is 8.48. The molecule has 0 saturated carbocycles. The van der Waals surface area contributed by atoms with E-state index in [9.17, 15) is 9.59 Å². The summed E-state index contributed by atoms with van der Waals surface area (Å²) in [7, 11) is 0. The smallest absolute Gasteiger partial charge is 0.255 e. The summed E-state index contributed by atoms with van der Waals surface area (Å²) in [6, 6.07) is 15.8. The van der Waals surface area contributed by atoms with Gasteiger partial charge < -0.3 is 15.2 Å². The zero-order valence-electron chi connectivity index (χ0n) is 17.9. The van der Waals surface area contributed by atoms with Gasteiger partial charge >= 0.3 is 0 Å². The molecule has 0 aliphatic carbocycles. The lowest BCUT2D eigenvalue weighted by Gasteiger charge is -2.26. The fourth-order valence-corrected chi connectivity index (χ4v) is 4.37. The fourth-order valence-electron chi connectivity index (χ4n) is 4.37.